The summed E-state index contributed by atoms with van der Waals surface area (Å²) in [6.07, 6.45) is 1.37. The Labute approximate surface area is 116 Å². The molecule has 0 aliphatic rings. The van der Waals surface area contributed by atoms with E-state index in [9.17, 15) is 4.79 Å². The van der Waals surface area contributed by atoms with Gasteiger partial charge in [-0.1, -0.05) is 17.7 Å². The molecule has 0 unspecified atom stereocenters. The Bertz CT molecular complexity index is 641. The number of nitrogens with one attached hydrogen (secondary N) is 1. The third-order valence-corrected chi connectivity index (χ3v) is 3.19. The zero-order valence-electron chi connectivity index (χ0n) is 10.7. The van der Waals surface area contributed by atoms with Crippen LogP contribution in [-0.2, 0) is 0 Å². The van der Waals surface area contributed by atoms with Crippen molar-refractivity contribution in [1.82, 2.24) is 4.98 Å². The highest BCUT2D eigenvalue weighted by Gasteiger charge is 2.12. The molecule has 4 nitrogen and oxygen atoms in total. The first-order chi connectivity index (χ1) is 8.97. The lowest BCUT2D eigenvalue weighted by Crippen LogP contribution is -2.13. The molecule has 0 atom stereocenters. The molecule has 1 aromatic carbocycles. The largest absolute Gasteiger partial charge is 0.384 e. The van der Waals surface area contributed by atoms with E-state index in [1.54, 1.807) is 0 Å². The van der Waals surface area contributed by atoms with Gasteiger partial charge in [-0.15, -0.1) is 0 Å². The van der Waals surface area contributed by atoms with Crippen molar-refractivity contribution < 1.29 is 4.79 Å². The predicted molar refractivity (Wildman–Crippen MR) is 77.5 cm³/mol. The molecule has 2 rings (SSSR count). The number of aromatic nitrogens is 1. The summed E-state index contributed by atoms with van der Waals surface area (Å²) in [5.74, 6) is -0.0445. The second-order valence-electron chi connectivity index (χ2n) is 4.34. The number of carbonyl (C=O) groups is 1. The van der Waals surface area contributed by atoms with Crippen LogP contribution >= 0.6 is 11.6 Å². The maximum absolute atomic E-state index is 12.1. The minimum Gasteiger partial charge on any atom is -0.384 e. The maximum atomic E-state index is 12.1. The predicted octanol–water partition coefficient (Wildman–Crippen LogP) is 3.19. The smallest absolute Gasteiger partial charge is 0.257 e. The Kier molecular flexibility index (Phi) is 3.71. The van der Waals surface area contributed by atoms with Gasteiger partial charge in [0.1, 0.15) is 5.82 Å². The van der Waals surface area contributed by atoms with E-state index in [1.165, 1.54) is 17.8 Å². The summed E-state index contributed by atoms with van der Waals surface area (Å²) in [6, 6.07) is 7.16. The second-order valence-corrected chi connectivity index (χ2v) is 4.75. The normalized spacial score (nSPS) is 10.3. The highest BCUT2D eigenvalue weighted by molar-refractivity contribution is 6.34. The molecule has 98 valence electrons. The van der Waals surface area contributed by atoms with E-state index in [0.29, 0.717) is 5.56 Å². The zero-order valence-corrected chi connectivity index (χ0v) is 11.5. The van der Waals surface area contributed by atoms with Gasteiger partial charge in [0.25, 0.3) is 5.91 Å². The molecule has 0 saturated carbocycles. The van der Waals surface area contributed by atoms with Crippen LogP contribution in [0, 0.1) is 13.8 Å². The van der Waals surface area contributed by atoms with Crippen LogP contribution in [0.25, 0.3) is 0 Å². The lowest BCUT2D eigenvalue weighted by Gasteiger charge is -2.09. The fraction of sp³-hybridized carbons (Fsp3) is 0.143. The van der Waals surface area contributed by atoms with Crippen molar-refractivity contribution in [1.29, 1.82) is 0 Å². The molecule has 1 heterocycles. The summed E-state index contributed by atoms with van der Waals surface area (Å²) in [7, 11) is 0. The first-order valence-electron chi connectivity index (χ1n) is 5.77. The maximum Gasteiger partial charge on any atom is 0.257 e. The number of amides is 1. The van der Waals surface area contributed by atoms with Gasteiger partial charge in [0.05, 0.1) is 10.6 Å². The Morgan fingerprint density at radius 2 is 2.00 bits per heavy atom. The molecule has 0 aliphatic heterocycles. The highest BCUT2D eigenvalue weighted by atomic mass is 35.5. The lowest BCUT2D eigenvalue weighted by atomic mass is 10.1. The van der Waals surface area contributed by atoms with E-state index in [1.807, 2.05) is 32.0 Å². The van der Waals surface area contributed by atoms with E-state index in [4.69, 9.17) is 17.3 Å². The summed E-state index contributed by atoms with van der Waals surface area (Å²) in [5.41, 5.74) is 8.87. The average molecular weight is 276 g/mol. The van der Waals surface area contributed by atoms with Gasteiger partial charge in [-0.05, 0) is 43.2 Å². The highest BCUT2D eigenvalue weighted by Crippen LogP contribution is 2.19. The molecule has 0 bridgehead atoms. The standard InChI is InChI=1S/C14H14ClN3O/c1-8-3-4-10(5-9(8)2)18-14(19)11-6-13(16)17-7-12(11)15/h3-7H,1-2H3,(H2,16,17)(H,18,19). The molecule has 3 N–H and O–H groups in total. The van der Waals surface area contributed by atoms with Gasteiger partial charge >= 0.3 is 0 Å². The van der Waals surface area contributed by atoms with Crippen molar-refractivity contribution in [3.05, 3.63) is 52.2 Å². The van der Waals surface area contributed by atoms with E-state index >= 15 is 0 Å². The van der Waals surface area contributed by atoms with Crippen molar-refractivity contribution in [3.63, 3.8) is 0 Å². The van der Waals surface area contributed by atoms with Gasteiger partial charge in [-0.2, -0.15) is 0 Å². The molecule has 1 amide bonds. The topological polar surface area (TPSA) is 68.0 Å². The van der Waals surface area contributed by atoms with Crippen LogP contribution in [0.2, 0.25) is 5.02 Å². The van der Waals surface area contributed by atoms with Crippen LogP contribution in [-0.4, -0.2) is 10.9 Å². The Balaban J connectivity index is 2.25. The Morgan fingerprint density at radius 1 is 1.26 bits per heavy atom. The number of pyridine rings is 1. The first-order valence-corrected chi connectivity index (χ1v) is 6.15. The summed E-state index contributed by atoms with van der Waals surface area (Å²) in [4.78, 5) is 15.9. The number of carbonyl (C=O) groups excluding carboxylic acids is 1. The summed E-state index contributed by atoms with van der Waals surface area (Å²) < 4.78 is 0. The van der Waals surface area contributed by atoms with Gasteiger partial charge in [-0.3, -0.25) is 4.79 Å². The van der Waals surface area contributed by atoms with Gasteiger partial charge < -0.3 is 11.1 Å². The first kappa shape index (κ1) is 13.4. The number of aryl methyl sites for hydroxylation is 2. The number of rotatable bonds is 2. The third kappa shape index (κ3) is 3.03. The van der Waals surface area contributed by atoms with E-state index in [2.05, 4.69) is 10.3 Å². The van der Waals surface area contributed by atoms with E-state index in [0.717, 1.165) is 11.3 Å². The molecule has 1 aromatic heterocycles. The molecule has 0 spiro atoms. The molecule has 2 aromatic rings. The summed E-state index contributed by atoms with van der Waals surface area (Å²) >= 11 is 5.93. The van der Waals surface area contributed by atoms with Crippen LogP contribution in [0.5, 0.6) is 0 Å². The minimum atomic E-state index is -0.303. The molecule has 19 heavy (non-hydrogen) atoms. The van der Waals surface area contributed by atoms with E-state index < -0.39 is 0 Å². The van der Waals surface area contributed by atoms with Crippen molar-refractivity contribution in [2.75, 3.05) is 11.1 Å². The number of nitrogens with two attached hydrogens (primary N) is 1. The monoisotopic (exact) mass is 275 g/mol. The van der Waals surface area contributed by atoms with E-state index in [-0.39, 0.29) is 16.7 Å². The van der Waals surface area contributed by atoms with Crippen LogP contribution in [0.3, 0.4) is 0 Å². The van der Waals surface area contributed by atoms with Crippen LogP contribution in [0.15, 0.2) is 30.5 Å². The van der Waals surface area contributed by atoms with Crippen LogP contribution in [0.1, 0.15) is 21.5 Å². The number of hydrogen-bond donors (Lipinski definition) is 2. The molecule has 0 saturated heterocycles. The van der Waals surface area contributed by atoms with Crippen LogP contribution in [0.4, 0.5) is 11.5 Å². The Morgan fingerprint density at radius 3 is 2.68 bits per heavy atom. The molecule has 0 radical (unpaired) electrons. The number of benzene rings is 1. The van der Waals surface area contributed by atoms with Crippen molar-refractivity contribution in [3.8, 4) is 0 Å². The second kappa shape index (κ2) is 5.28. The van der Waals surface area contributed by atoms with Gasteiger partial charge in [-0.25, -0.2) is 4.98 Å². The fourth-order valence-electron chi connectivity index (χ4n) is 1.65. The number of anilines is 2. The molecule has 5 heteroatoms. The molecule has 0 aliphatic carbocycles. The quantitative estimate of drug-likeness (QED) is 0.884. The van der Waals surface area contributed by atoms with Crippen molar-refractivity contribution >= 4 is 29.0 Å². The average Bonchev–Trinajstić information content (AvgIpc) is 2.36. The summed E-state index contributed by atoms with van der Waals surface area (Å²) in [6.45, 7) is 4.00. The van der Waals surface area contributed by atoms with Gasteiger partial charge in [0, 0.05) is 11.9 Å². The number of nitrogens with zero attached hydrogens (tertiary/aromatic N) is 1. The fourth-order valence-corrected chi connectivity index (χ4v) is 1.84. The number of halogens is 1. The molecular formula is C14H14ClN3O. The van der Waals surface area contributed by atoms with Gasteiger partial charge in [0.2, 0.25) is 0 Å². The zero-order chi connectivity index (χ0) is 14.0. The third-order valence-electron chi connectivity index (χ3n) is 2.89. The molecular weight excluding hydrogens is 262 g/mol. The number of hydrogen-bond acceptors (Lipinski definition) is 3. The minimum absolute atomic E-state index is 0.259. The number of nitrogen functional groups attached to an aromatic ring is 1. The summed E-state index contributed by atoms with van der Waals surface area (Å²) in [5, 5.41) is 3.06. The van der Waals surface area contributed by atoms with Gasteiger partial charge in [0.15, 0.2) is 0 Å². The Hall–Kier alpha value is -2.07. The SMILES string of the molecule is Cc1ccc(NC(=O)c2cc(N)ncc2Cl)cc1C. The lowest BCUT2D eigenvalue weighted by molar-refractivity contribution is 0.102. The van der Waals surface area contributed by atoms with Crippen molar-refractivity contribution in [2.45, 2.75) is 13.8 Å². The molecule has 0 fully saturated rings. The van der Waals surface area contributed by atoms with Crippen molar-refractivity contribution in [2.24, 2.45) is 0 Å². The van der Waals surface area contributed by atoms with Crippen LogP contribution < -0.4 is 11.1 Å².